The summed E-state index contributed by atoms with van der Waals surface area (Å²) in [5.41, 5.74) is 0.306. The van der Waals surface area contributed by atoms with Crippen LogP contribution in [0.2, 0.25) is 0 Å². The Bertz CT molecular complexity index is 1550. The van der Waals surface area contributed by atoms with Gasteiger partial charge in [-0.1, -0.05) is 55.4 Å². The highest BCUT2D eigenvalue weighted by Gasteiger charge is 2.72. The van der Waals surface area contributed by atoms with Crippen molar-refractivity contribution in [2.75, 3.05) is 13.2 Å². The first kappa shape index (κ1) is 42.0. The molecule has 8 fully saturated rings. The zero-order valence-corrected chi connectivity index (χ0v) is 35.2. The number of rotatable bonds is 2. The third-order valence-electron chi connectivity index (χ3n) is 20.9. The lowest BCUT2D eigenvalue weighted by molar-refractivity contribution is -0.244. The van der Waals surface area contributed by atoms with E-state index in [0.29, 0.717) is 61.1 Å². The molecule has 0 bridgehead atoms. The lowest BCUT2D eigenvalue weighted by Crippen LogP contribution is -2.67. The molecule has 4 unspecified atom stereocenters. The molecule has 10 rings (SSSR count). The van der Waals surface area contributed by atoms with Gasteiger partial charge >= 0.3 is 11.9 Å². The summed E-state index contributed by atoms with van der Waals surface area (Å²) < 4.78 is 10.4. The predicted octanol–water partition coefficient (Wildman–Crippen LogP) is 8.34. The minimum Gasteiger partial charge on any atom is -0.458 e. The summed E-state index contributed by atoms with van der Waals surface area (Å²) in [6.07, 6.45) is 19.1. The van der Waals surface area contributed by atoms with Gasteiger partial charge in [-0.15, -0.1) is 0 Å². The molecule has 8 saturated carbocycles. The van der Waals surface area contributed by atoms with Crippen LogP contribution in [-0.4, -0.2) is 69.0 Å². The van der Waals surface area contributed by atoms with Gasteiger partial charge in [-0.25, -0.2) is 9.59 Å². The number of aliphatic hydroxyl groups excluding tert-OH is 2. The third kappa shape index (κ3) is 5.77. The van der Waals surface area contributed by atoms with Crippen LogP contribution in [0.3, 0.4) is 0 Å². The van der Waals surface area contributed by atoms with Gasteiger partial charge in [0.15, 0.2) is 0 Å². The molecular formula is C49H76O8. The van der Waals surface area contributed by atoms with Crippen LogP contribution < -0.4 is 0 Å². The highest BCUT2D eigenvalue weighted by Crippen LogP contribution is 2.72. The number of cyclic esters (lactones) is 2. The molecule has 0 radical (unpaired) electrons. The molecule has 2 aliphatic heterocycles. The van der Waals surface area contributed by atoms with Crippen LogP contribution in [0.1, 0.15) is 152 Å². The lowest BCUT2D eigenvalue weighted by Gasteiger charge is -2.65. The van der Waals surface area contributed by atoms with Crippen molar-refractivity contribution in [2.24, 2.45) is 80.8 Å². The Hall–Kier alpha value is -1.74. The van der Waals surface area contributed by atoms with E-state index in [0.717, 1.165) is 74.3 Å². The fourth-order valence-corrected chi connectivity index (χ4v) is 17.4. The van der Waals surface area contributed by atoms with E-state index in [9.17, 15) is 30.0 Å². The van der Waals surface area contributed by atoms with E-state index in [4.69, 9.17) is 9.47 Å². The Labute approximate surface area is 343 Å². The molecule has 18 atom stereocenters. The summed E-state index contributed by atoms with van der Waals surface area (Å²) in [5.74, 6) is 4.01. The van der Waals surface area contributed by atoms with Gasteiger partial charge in [0.05, 0.1) is 23.4 Å². The van der Waals surface area contributed by atoms with Gasteiger partial charge in [0.1, 0.15) is 13.2 Å². The Morgan fingerprint density at radius 1 is 0.579 bits per heavy atom. The first-order valence-corrected chi connectivity index (χ1v) is 23.0. The van der Waals surface area contributed by atoms with E-state index in [1.165, 1.54) is 38.5 Å². The number of ether oxygens (including phenoxy) is 2. The average molecular weight is 793 g/mol. The maximum atomic E-state index is 12.3. The second kappa shape index (κ2) is 14.2. The van der Waals surface area contributed by atoms with Crippen LogP contribution in [0, 0.1) is 80.8 Å². The predicted molar refractivity (Wildman–Crippen MR) is 219 cm³/mol. The largest absolute Gasteiger partial charge is 0.458 e. The summed E-state index contributed by atoms with van der Waals surface area (Å²) in [6.45, 7) is 14.9. The number of carbonyl (C=O) groups is 2. The fraction of sp³-hybridized carbons (Fsp3) is 0.878. The van der Waals surface area contributed by atoms with Crippen LogP contribution in [0.15, 0.2) is 23.3 Å². The zero-order valence-electron chi connectivity index (χ0n) is 35.2. The van der Waals surface area contributed by atoms with Crippen LogP contribution in [0.4, 0.5) is 0 Å². The minimum absolute atomic E-state index is 0. The Morgan fingerprint density at radius 2 is 1.07 bits per heavy atom. The molecule has 0 aromatic heterocycles. The van der Waals surface area contributed by atoms with Crippen LogP contribution in [-0.2, 0) is 19.1 Å². The first-order valence-electron chi connectivity index (χ1n) is 23.0. The molecule has 8 aliphatic carbocycles. The van der Waals surface area contributed by atoms with E-state index in [1.54, 1.807) is 12.2 Å². The molecule has 10 aliphatic rings. The third-order valence-corrected chi connectivity index (χ3v) is 20.9. The Balaban J connectivity index is 0.000000157. The molecule has 0 aromatic carbocycles. The second-order valence-corrected chi connectivity index (χ2v) is 22.4. The van der Waals surface area contributed by atoms with Crippen molar-refractivity contribution >= 4 is 11.9 Å². The van der Waals surface area contributed by atoms with Crippen LogP contribution >= 0.6 is 0 Å². The van der Waals surface area contributed by atoms with Crippen LogP contribution in [0.5, 0.6) is 0 Å². The second-order valence-electron chi connectivity index (χ2n) is 22.4. The molecule has 320 valence electrons. The lowest BCUT2D eigenvalue weighted by atomic mass is 9.41. The van der Waals surface area contributed by atoms with Gasteiger partial charge in [0.25, 0.3) is 0 Å². The normalized spacial score (nSPS) is 54.8. The number of esters is 2. The van der Waals surface area contributed by atoms with Gasteiger partial charge < -0.3 is 29.9 Å². The monoisotopic (exact) mass is 793 g/mol. The molecule has 0 spiro atoms. The summed E-state index contributed by atoms with van der Waals surface area (Å²) in [5, 5.41) is 46.1. The molecule has 8 heteroatoms. The van der Waals surface area contributed by atoms with Gasteiger partial charge in [-0.05, 0) is 177 Å². The number of hydrogen-bond acceptors (Lipinski definition) is 8. The SMILES string of the molecule is C.C[C@H]1CC[C@]2(C)C3C[C@@H](C)[C@]4(C)[C@@H](C5=CC(=O)OC5)CC[C@]4(O)C3CC[C@@H]2C1.C[C@]12[C@H](O)CC3C(CC[C@@H]4C[C@@H](O)CC[C@]34C)[C@@]1(O)CC[C@@H]2C1=CC(=O)OC1. The summed E-state index contributed by atoms with van der Waals surface area (Å²) >= 11 is 0. The van der Waals surface area contributed by atoms with Crippen molar-refractivity contribution in [1.29, 1.82) is 0 Å². The molecule has 0 saturated heterocycles. The number of hydrogen-bond donors (Lipinski definition) is 4. The van der Waals surface area contributed by atoms with Gasteiger partial charge in [-0.2, -0.15) is 0 Å². The molecule has 57 heavy (non-hydrogen) atoms. The number of fused-ring (bicyclic) bond motifs is 10. The minimum atomic E-state index is -0.906. The quantitative estimate of drug-likeness (QED) is 0.205. The van der Waals surface area contributed by atoms with E-state index >= 15 is 0 Å². The van der Waals surface area contributed by atoms with E-state index < -0.39 is 22.7 Å². The fourth-order valence-electron chi connectivity index (χ4n) is 17.4. The Kier molecular flexibility index (Phi) is 10.4. The molecule has 0 aromatic rings. The van der Waals surface area contributed by atoms with E-state index in [1.807, 2.05) is 6.92 Å². The zero-order chi connectivity index (χ0) is 39.8. The molecule has 4 N–H and O–H groups in total. The van der Waals surface area contributed by atoms with Crippen molar-refractivity contribution < 1.29 is 39.5 Å². The standard InChI is InChI=1S/C25H38O3.C23H34O5.CH4/c1-15-7-9-23(3)18(11-15)5-6-20-21(23)12-16(2)24(4)19(8-10-25(20,24)27)17-13-22(26)28-14-17;1-21-7-5-15(24)10-14(21)3-4-17-18(21)11-19(25)22(2)16(6-8-23(17,22)27)13-9-20(26)28-12-13;/h13,15-16,18-21,27H,5-12,14H2,1-4H3;9,14-19,24-25,27H,3-8,10-12H2,1-2H3;1H4/t15-,16+,18+,19+,20?,21?,23-,24+,25-;14-,15+,16-,17?,18?,19-,21+,22+,23+;/m01./s1. The van der Waals surface area contributed by atoms with Crippen molar-refractivity contribution in [3.05, 3.63) is 23.3 Å². The molecular weight excluding hydrogens is 717 g/mol. The maximum Gasteiger partial charge on any atom is 0.331 e. The van der Waals surface area contributed by atoms with Gasteiger partial charge in [0.2, 0.25) is 0 Å². The van der Waals surface area contributed by atoms with Crippen molar-refractivity contribution in [3.8, 4) is 0 Å². The van der Waals surface area contributed by atoms with E-state index in [-0.39, 0.29) is 54.1 Å². The number of carbonyl (C=O) groups excluding carboxylic acids is 2. The Morgan fingerprint density at radius 3 is 1.61 bits per heavy atom. The topological polar surface area (TPSA) is 134 Å². The van der Waals surface area contributed by atoms with Crippen LogP contribution in [0.25, 0.3) is 0 Å². The van der Waals surface area contributed by atoms with E-state index in [2.05, 4.69) is 34.6 Å². The van der Waals surface area contributed by atoms with Gasteiger partial charge in [0, 0.05) is 23.0 Å². The smallest absolute Gasteiger partial charge is 0.331 e. The van der Waals surface area contributed by atoms with Crippen molar-refractivity contribution in [1.82, 2.24) is 0 Å². The highest BCUT2D eigenvalue weighted by atomic mass is 16.5. The summed E-state index contributed by atoms with van der Waals surface area (Å²) in [4.78, 5) is 23.4. The highest BCUT2D eigenvalue weighted by molar-refractivity contribution is 5.86. The first-order chi connectivity index (χ1) is 26.4. The van der Waals surface area contributed by atoms with Crippen molar-refractivity contribution in [3.63, 3.8) is 0 Å². The maximum absolute atomic E-state index is 12.3. The number of aliphatic hydroxyl groups is 4. The van der Waals surface area contributed by atoms with Gasteiger partial charge in [-0.3, -0.25) is 0 Å². The summed E-state index contributed by atoms with van der Waals surface area (Å²) in [6, 6.07) is 0. The average Bonchev–Trinajstić information content (AvgIpc) is 3.91. The molecule has 0 amide bonds. The van der Waals surface area contributed by atoms with Crippen molar-refractivity contribution in [2.45, 2.75) is 175 Å². The molecule has 2 heterocycles. The summed E-state index contributed by atoms with van der Waals surface area (Å²) in [7, 11) is 0. The molecule has 8 nitrogen and oxygen atoms in total.